The molecule has 1 saturated heterocycles. The van der Waals surface area contributed by atoms with Crippen LogP contribution in [0.2, 0.25) is 0 Å². The van der Waals surface area contributed by atoms with Crippen LogP contribution in [0.1, 0.15) is 52.5 Å². The number of aromatic carboxylic acids is 1. The second-order valence-electron chi connectivity index (χ2n) is 10.4. The number of ketones is 1. The van der Waals surface area contributed by atoms with E-state index in [0.29, 0.717) is 40.4 Å². The molecule has 9 nitrogen and oxygen atoms in total. The van der Waals surface area contributed by atoms with Crippen molar-refractivity contribution in [1.29, 1.82) is 0 Å². The molecule has 2 heterocycles. The summed E-state index contributed by atoms with van der Waals surface area (Å²) in [5, 5.41) is 20.9. The predicted octanol–water partition coefficient (Wildman–Crippen LogP) is 5.54. The molecule has 0 bridgehead atoms. The summed E-state index contributed by atoms with van der Waals surface area (Å²) in [4.78, 5) is 47.2. The van der Waals surface area contributed by atoms with E-state index >= 15 is 0 Å². The summed E-state index contributed by atoms with van der Waals surface area (Å²) < 4.78 is 5.85. The molecule has 3 aromatic carbocycles. The monoisotopic (exact) mass is 539 g/mol. The number of Topliss-reactive ketones (excluding diaryl/α,β-unsaturated/α-hetero) is 1. The number of H-pyrrole nitrogens is 1. The molecule has 0 aliphatic carbocycles. The Morgan fingerprint density at radius 2 is 1.77 bits per heavy atom. The first-order valence-corrected chi connectivity index (χ1v) is 12.9. The van der Waals surface area contributed by atoms with Crippen LogP contribution in [0.4, 0.5) is 5.95 Å². The normalized spacial score (nSPS) is 16.7. The Morgan fingerprint density at radius 3 is 2.45 bits per heavy atom. The number of ether oxygens (including phenoxy) is 1. The second kappa shape index (κ2) is 10.3. The van der Waals surface area contributed by atoms with E-state index in [-0.39, 0.29) is 22.8 Å². The van der Waals surface area contributed by atoms with Gasteiger partial charge in [-0.15, -0.1) is 0 Å². The van der Waals surface area contributed by atoms with Gasteiger partial charge in [-0.3, -0.25) is 14.5 Å². The van der Waals surface area contributed by atoms with E-state index in [1.54, 1.807) is 24.3 Å². The first kappa shape index (κ1) is 26.7. The number of carboxylic acid groups (broad SMARTS) is 1. The molecule has 3 N–H and O–H groups in total. The molecule has 0 saturated carbocycles. The number of anilines is 1. The number of aryl methyl sites for hydroxylation is 2. The summed E-state index contributed by atoms with van der Waals surface area (Å²) in [6.45, 7) is 8.38. The SMILES string of the molecule is Cc1cccc(C2/C(=C(\O)c3ccc(OCC(C)C)c(C)c3)C(=O)C(=O)N2c2nc3ccc(C(=O)O)cc3[nH]2)c1. The number of hydrogen-bond donors (Lipinski definition) is 3. The van der Waals surface area contributed by atoms with Gasteiger partial charge in [0.1, 0.15) is 11.5 Å². The highest BCUT2D eigenvalue weighted by atomic mass is 16.5. The van der Waals surface area contributed by atoms with Crippen LogP contribution in [0.5, 0.6) is 5.75 Å². The number of hydrogen-bond acceptors (Lipinski definition) is 6. The number of fused-ring (bicyclic) bond motifs is 1. The molecule has 9 heteroatoms. The maximum Gasteiger partial charge on any atom is 0.335 e. The molecular formula is C31H29N3O6. The van der Waals surface area contributed by atoms with Crippen LogP contribution >= 0.6 is 0 Å². The van der Waals surface area contributed by atoms with Crippen LogP contribution in [0.15, 0.2) is 66.2 Å². The number of carboxylic acids is 1. The highest BCUT2D eigenvalue weighted by Gasteiger charge is 2.48. The largest absolute Gasteiger partial charge is 0.507 e. The Hall–Kier alpha value is -4.92. The van der Waals surface area contributed by atoms with Crippen LogP contribution in [0, 0.1) is 19.8 Å². The minimum absolute atomic E-state index is 0.0520. The fourth-order valence-corrected chi connectivity index (χ4v) is 4.82. The quantitative estimate of drug-likeness (QED) is 0.160. The summed E-state index contributed by atoms with van der Waals surface area (Å²) in [6, 6.07) is 15.8. The molecule has 0 radical (unpaired) electrons. The van der Waals surface area contributed by atoms with Crippen molar-refractivity contribution in [2.75, 3.05) is 11.5 Å². The number of nitrogens with one attached hydrogen (secondary N) is 1. The zero-order valence-corrected chi connectivity index (χ0v) is 22.6. The van der Waals surface area contributed by atoms with Crippen molar-refractivity contribution in [3.8, 4) is 5.75 Å². The first-order valence-electron chi connectivity index (χ1n) is 12.9. The summed E-state index contributed by atoms with van der Waals surface area (Å²) in [5.41, 5.74) is 3.47. The summed E-state index contributed by atoms with van der Waals surface area (Å²) in [5.74, 6) is -2.05. The fraction of sp³-hybridized carbons (Fsp3) is 0.226. The lowest BCUT2D eigenvalue weighted by molar-refractivity contribution is -0.132. The number of rotatable bonds is 7. The molecule has 5 rings (SSSR count). The van der Waals surface area contributed by atoms with Crippen LogP contribution in [0.3, 0.4) is 0 Å². The van der Waals surface area contributed by atoms with Crippen LogP contribution in [0.25, 0.3) is 16.8 Å². The van der Waals surface area contributed by atoms with Gasteiger partial charge < -0.3 is 19.9 Å². The van der Waals surface area contributed by atoms with Crippen molar-refractivity contribution in [2.24, 2.45) is 5.92 Å². The van der Waals surface area contributed by atoms with Crippen molar-refractivity contribution in [2.45, 2.75) is 33.7 Å². The summed E-state index contributed by atoms with van der Waals surface area (Å²) in [6.07, 6.45) is 0. The molecule has 4 aromatic rings. The fourth-order valence-electron chi connectivity index (χ4n) is 4.82. The van der Waals surface area contributed by atoms with E-state index in [0.717, 1.165) is 11.1 Å². The van der Waals surface area contributed by atoms with Gasteiger partial charge in [-0.1, -0.05) is 43.7 Å². The van der Waals surface area contributed by atoms with E-state index in [4.69, 9.17) is 4.74 Å². The lowest BCUT2D eigenvalue weighted by Crippen LogP contribution is -2.30. The van der Waals surface area contributed by atoms with Crippen LogP contribution in [-0.4, -0.2) is 44.4 Å². The molecule has 40 heavy (non-hydrogen) atoms. The zero-order chi connectivity index (χ0) is 28.7. The number of aromatic nitrogens is 2. The standard InChI is InChI=1S/C31H29N3O6/c1-16(2)15-40-24-11-9-20(13-18(24)4)27(35)25-26(19-7-5-6-17(3)12-19)34(29(37)28(25)36)31-32-22-10-8-21(30(38)39)14-23(22)33-31/h5-14,16,26,35H,15H2,1-4H3,(H,32,33)(H,38,39)/b27-25+. The highest BCUT2D eigenvalue weighted by molar-refractivity contribution is 6.51. The molecule has 1 aromatic heterocycles. The van der Waals surface area contributed by atoms with Crippen LogP contribution < -0.4 is 9.64 Å². The number of aromatic amines is 1. The zero-order valence-electron chi connectivity index (χ0n) is 22.6. The van der Waals surface area contributed by atoms with E-state index in [1.807, 2.05) is 45.9 Å². The lowest BCUT2D eigenvalue weighted by Gasteiger charge is -2.23. The minimum atomic E-state index is -1.10. The number of carbonyl (C=O) groups excluding carboxylic acids is 2. The molecule has 1 aliphatic heterocycles. The Labute approximate surface area is 230 Å². The number of benzene rings is 3. The number of amides is 1. The Bertz CT molecular complexity index is 1700. The summed E-state index contributed by atoms with van der Waals surface area (Å²) >= 11 is 0. The van der Waals surface area contributed by atoms with Crippen LogP contribution in [-0.2, 0) is 9.59 Å². The molecular weight excluding hydrogens is 510 g/mol. The number of aliphatic hydroxyl groups excluding tert-OH is 1. The van der Waals surface area contributed by atoms with Crippen molar-refractivity contribution < 1.29 is 29.3 Å². The molecule has 1 amide bonds. The van der Waals surface area contributed by atoms with E-state index < -0.39 is 23.7 Å². The smallest absolute Gasteiger partial charge is 0.335 e. The van der Waals surface area contributed by atoms with Gasteiger partial charge in [0.25, 0.3) is 5.78 Å². The number of nitrogens with zero attached hydrogens (tertiary/aromatic N) is 2. The van der Waals surface area contributed by atoms with Crippen molar-refractivity contribution >= 4 is 40.4 Å². The summed E-state index contributed by atoms with van der Waals surface area (Å²) in [7, 11) is 0. The second-order valence-corrected chi connectivity index (χ2v) is 10.4. The van der Waals surface area contributed by atoms with Crippen molar-refractivity contribution in [3.05, 3.63) is 94.1 Å². The number of aliphatic hydroxyl groups is 1. The molecule has 1 fully saturated rings. The van der Waals surface area contributed by atoms with E-state index in [2.05, 4.69) is 9.97 Å². The Morgan fingerprint density at radius 1 is 1.02 bits per heavy atom. The number of carbonyl (C=O) groups is 3. The molecule has 1 unspecified atom stereocenters. The van der Waals surface area contributed by atoms with E-state index in [1.165, 1.54) is 23.1 Å². The van der Waals surface area contributed by atoms with Gasteiger partial charge in [0.2, 0.25) is 5.95 Å². The van der Waals surface area contributed by atoms with Gasteiger partial charge in [0.05, 0.1) is 34.8 Å². The average molecular weight is 540 g/mol. The van der Waals surface area contributed by atoms with Gasteiger partial charge in [-0.2, -0.15) is 0 Å². The topological polar surface area (TPSA) is 133 Å². The molecule has 1 aliphatic rings. The van der Waals surface area contributed by atoms with Gasteiger partial charge in [0.15, 0.2) is 0 Å². The first-order chi connectivity index (χ1) is 19.0. The maximum absolute atomic E-state index is 13.5. The average Bonchev–Trinajstić information content (AvgIpc) is 3.45. The van der Waals surface area contributed by atoms with Gasteiger partial charge in [-0.05, 0) is 67.3 Å². The van der Waals surface area contributed by atoms with Gasteiger partial charge >= 0.3 is 11.9 Å². The molecule has 0 spiro atoms. The third-order valence-electron chi connectivity index (χ3n) is 6.77. The van der Waals surface area contributed by atoms with Gasteiger partial charge in [0, 0.05) is 5.56 Å². The van der Waals surface area contributed by atoms with Crippen molar-refractivity contribution in [3.63, 3.8) is 0 Å². The third kappa shape index (κ3) is 4.82. The van der Waals surface area contributed by atoms with Crippen molar-refractivity contribution in [1.82, 2.24) is 9.97 Å². The Kier molecular flexibility index (Phi) is 6.89. The minimum Gasteiger partial charge on any atom is -0.507 e. The molecule has 204 valence electrons. The maximum atomic E-state index is 13.5. The van der Waals surface area contributed by atoms with Gasteiger partial charge in [-0.25, -0.2) is 9.78 Å². The lowest BCUT2D eigenvalue weighted by atomic mass is 9.94. The molecule has 1 atom stereocenters. The Balaban J connectivity index is 1.65. The highest BCUT2D eigenvalue weighted by Crippen LogP contribution is 2.42. The van der Waals surface area contributed by atoms with E-state index in [9.17, 15) is 24.6 Å². The third-order valence-corrected chi connectivity index (χ3v) is 6.77. The predicted molar refractivity (Wildman–Crippen MR) is 151 cm³/mol. The number of imidazole rings is 1.